The van der Waals surface area contributed by atoms with Crippen LogP contribution < -0.4 is 0 Å². The zero-order chi connectivity index (χ0) is 23.8. The normalized spacial score (nSPS) is 28.2. The predicted octanol–water partition coefficient (Wildman–Crippen LogP) is 5.17. The highest BCUT2D eigenvalue weighted by Gasteiger charge is 2.47. The Morgan fingerprint density at radius 2 is 1.26 bits per heavy atom. The maximum atomic E-state index is 10.6. The minimum Gasteiger partial charge on any atom is -0.378 e. The average molecular weight is 442 g/mol. The summed E-state index contributed by atoms with van der Waals surface area (Å²) < 4.78 is 6.49. The number of hydroxylamine groups is 4. The molecule has 2 aliphatic heterocycles. The SMILES string of the molecule is CCCC(COC1CC(C)(C)N(O)C(C)(C)C1)CN(C)C1CC(C)(C)N(O)C(C)(C)C1. The van der Waals surface area contributed by atoms with Crippen LogP contribution in [-0.2, 0) is 4.74 Å². The van der Waals surface area contributed by atoms with Crippen molar-refractivity contribution in [2.75, 3.05) is 20.2 Å². The number of rotatable bonds is 8. The maximum Gasteiger partial charge on any atom is 0.0611 e. The van der Waals surface area contributed by atoms with Gasteiger partial charge in [-0.05, 0) is 100 Å². The third kappa shape index (κ3) is 6.42. The molecule has 6 heteroatoms. The highest BCUT2D eigenvalue weighted by molar-refractivity contribution is 4.99. The Morgan fingerprint density at radius 3 is 1.68 bits per heavy atom. The molecule has 1 unspecified atom stereocenters. The van der Waals surface area contributed by atoms with E-state index in [9.17, 15) is 10.4 Å². The van der Waals surface area contributed by atoms with Crippen LogP contribution in [0.1, 0.15) is 101 Å². The quantitative estimate of drug-likeness (QED) is 0.542. The minimum absolute atomic E-state index is 0.175. The largest absolute Gasteiger partial charge is 0.378 e. The molecule has 2 N–H and O–H groups in total. The number of ether oxygens (including phenoxy) is 1. The Balaban J connectivity index is 1.98. The summed E-state index contributed by atoms with van der Waals surface area (Å²) in [4.78, 5) is 2.50. The Bertz CT molecular complexity index is 555. The van der Waals surface area contributed by atoms with Crippen LogP contribution >= 0.6 is 0 Å². The molecule has 1 atom stereocenters. The van der Waals surface area contributed by atoms with Crippen LogP contribution in [-0.4, -0.2) is 79.9 Å². The fraction of sp³-hybridized carbons (Fsp3) is 1.00. The summed E-state index contributed by atoms with van der Waals surface area (Å²) in [6.45, 7) is 21.0. The van der Waals surface area contributed by atoms with E-state index in [-0.39, 0.29) is 28.3 Å². The van der Waals surface area contributed by atoms with Gasteiger partial charge in [-0.1, -0.05) is 13.3 Å². The van der Waals surface area contributed by atoms with E-state index >= 15 is 0 Å². The molecule has 184 valence electrons. The van der Waals surface area contributed by atoms with Crippen molar-refractivity contribution in [2.24, 2.45) is 5.92 Å². The smallest absolute Gasteiger partial charge is 0.0611 e. The van der Waals surface area contributed by atoms with E-state index in [1.165, 1.54) is 5.06 Å². The van der Waals surface area contributed by atoms with Crippen LogP contribution in [0, 0.1) is 5.92 Å². The predicted molar refractivity (Wildman–Crippen MR) is 127 cm³/mol. The van der Waals surface area contributed by atoms with Gasteiger partial charge >= 0.3 is 0 Å². The molecular formula is C25H51N3O3. The number of piperidine rings is 2. The lowest BCUT2D eigenvalue weighted by molar-refractivity contribution is -0.262. The highest BCUT2D eigenvalue weighted by atomic mass is 16.5. The third-order valence-corrected chi connectivity index (χ3v) is 7.65. The van der Waals surface area contributed by atoms with Gasteiger partial charge in [-0.2, -0.15) is 10.1 Å². The monoisotopic (exact) mass is 441 g/mol. The number of hydrogen-bond acceptors (Lipinski definition) is 6. The van der Waals surface area contributed by atoms with Gasteiger partial charge in [0, 0.05) is 34.7 Å². The Labute approximate surface area is 191 Å². The lowest BCUT2D eigenvalue weighted by atomic mass is 9.78. The third-order valence-electron chi connectivity index (χ3n) is 7.65. The van der Waals surface area contributed by atoms with Gasteiger partial charge in [0.15, 0.2) is 0 Å². The summed E-state index contributed by atoms with van der Waals surface area (Å²) in [6, 6.07) is 0.447. The van der Waals surface area contributed by atoms with Crippen LogP contribution in [0.3, 0.4) is 0 Å². The second-order valence-electron chi connectivity index (χ2n) is 12.9. The molecular weight excluding hydrogens is 390 g/mol. The lowest BCUT2D eigenvalue weighted by Gasteiger charge is -2.53. The van der Waals surface area contributed by atoms with Gasteiger partial charge in [0.05, 0.1) is 12.7 Å². The van der Waals surface area contributed by atoms with Crippen molar-refractivity contribution in [2.45, 2.75) is 135 Å². The van der Waals surface area contributed by atoms with Crippen LogP contribution in [0.25, 0.3) is 0 Å². The summed E-state index contributed by atoms with van der Waals surface area (Å²) >= 11 is 0. The number of nitrogens with zero attached hydrogens (tertiary/aromatic N) is 3. The Kier molecular flexibility index (Phi) is 8.32. The summed E-state index contributed by atoms with van der Waals surface area (Å²) in [7, 11) is 2.24. The van der Waals surface area contributed by atoms with E-state index in [0.29, 0.717) is 12.0 Å². The molecule has 6 nitrogen and oxygen atoms in total. The molecule has 2 rings (SSSR count). The topological polar surface area (TPSA) is 59.4 Å². The molecule has 0 spiro atoms. The van der Waals surface area contributed by atoms with Crippen molar-refractivity contribution in [3.8, 4) is 0 Å². The highest BCUT2D eigenvalue weighted by Crippen LogP contribution is 2.40. The van der Waals surface area contributed by atoms with E-state index < -0.39 is 0 Å². The molecule has 0 radical (unpaired) electrons. The molecule has 2 heterocycles. The molecule has 2 saturated heterocycles. The summed E-state index contributed by atoms with van der Waals surface area (Å²) in [5, 5.41) is 24.3. The van der Waals surface area contributed by atoms with E-state index in [2.05, 4.69) is 74.3 Å². The standard InChI is InChI=1S/C25H51N3O3/c1-11-12-19(18-31-21-15-24(6,7)28(30)25(8,9)16-21)17-26(10)20-13-22(2,3)27(29)23(4,5)14-20/h19-21,29-30H,11-18H2,1-10H3. The Hall–Kier alpha value is -0.240. The van der Waals surface area contributed by atoms with Crippen molar-refractivity contribution in [3.05, 3.63) is 0 Å². The van der Waals surface area contributed by atoms with Gasteiger partial charge in [-0.25, -0.2) is 0 Å². The van der Waals surface area contributed by atoms with Crippen molar-refractivity contribution in [1.82, 2.24) is 15.0 Å². The van der Waals surface area contributed by atoms with Crippen molar-refractivity contribution >= 4 is 0 Å². The van der Waals surface area contributed by atoms with E-state index in [1.54, 1.807) is 5.06 Å². The molecule has 2 aliphatic rings. The maximum absolute atomic E-state index is 10.6. The second-order valence-corrected chi connectivity index (χ2v) is 12.9. The first-order valence-electron chi connectivity index (χ1n) is 12.3. The van der Waals surface area contributed by atoms with Crippen molar-refractivity contribution in [3.63, 3.8) is 0 Å². The van der Waals surface area contributed by atoms with Gasteiger partial charge in [0.1, 0.15) is 0 Å². The van der Waals surface area contributed by atoms with Crippen molar-refractivity contribution < 1.29 is 15.2 Å². The molecule has 0 aromatic carbocycles. The summed E-state index contributed by atoms with van der Waals surface area (Å²) in [6.07, 6.45) is 6.09. The molecule has 0 saturated carbocycles. The van der Waals surface area contributed by atoms with Gasteiger partial charge in [-0.3, -0.25) is 0 Å². The van der Waals surface area contributed by atoms with E-state index in [1.807, 2.05) is 0 Å². The average Bonchev–Trinajstić information content (AvgIpc) is 2.61. The fourth-order valence-electron chi connectivity index (χ4n) is 6.29. The van der Waals surface area contributed by atoms with E-state index in [4.69, 9.17) is 4.74 Å². The first-order valence-corrected chi connectivity index (χ1v) is 12.3. The zero-order valence-electron chi connectivity index (χ0n) is 22.0. The molecule has 0 bridgehead atoms. The van der Waals surface area contributed by atoms with Crippen LogP contribution in [0.2, 0.25) is 0 Å². The van der Waals surface area contributed by atoms with Gasteiger partial charge < -0.3 is 20.1 Å². The first-order chi connectivity index (χ1) is 14.0. The first kappa shape index (κ1) is 27.0. The minimum atomic E-state index is -0.279. The summed E-state index contributed by atoms with van der Waals surface area (Å²) in [5.41, 5.74) is -1.02. The molecule has 2 fully saturated rings. The second kappa shape index (κ2) is 9.55. The van der Waals surface area contributed by atoms with Gasteiger partial charge in [0.25, 0.3) is 0 Å². The van der Waals surface area contributed by atoms with Gasteiger partial charge in [-0.15, -0.1) is 0 Å². The summed E-state index contributed by atoms with van der Waals surface area (Å²) in [5.74, 6) is 0.492. The van der Waals surface area contributed by atoms with Crippen LogP contribution in [0.4, 0.5) is 0 Å². The van der Waals surface area contributed by atoms with Gasteiger partial charge in [0.2, 0.25) is 0 Å². The molecule has 31 heavy (non-hydrogen) atoms. The molecule has 0 aliphatic carbocycles. The zero-order valence-corrected chi connectivity index (χ0v) is 22.0. The molecule has 0 amide bonds. The lowest BCUT2D eigenvalue weighted by Crippen LogP contribution is -2.62. The van der Waals surface area contributed by atoms with Crippen LogP contribution in [0.15, 0.2) is 0 Å². The Morgan fingerprint density at radius 1 is 0.839 bits per heavy atom. The molecule has 0 aromatic heterocycles. The van der Waals surface area contributed by atoms with Crippen LogP contribution in [0.5, 0.6) is 0 Å². The molecule has 0 aromatic rings. The fourth-order valence-corrected chi connectivity index (χ4v) is 6.29. The number of hydrogen-bond donors (Lipinski definition) is 2. The van der Waals surface area contributed by atoms with Crippen molar-refractivity contribution in [1.29, 1.82) is 0 Å². The van der Waals surface area contributed by atoms with E-state index in [0.717, 1.165) is 51.7 Å².